The molecule has 0 radical (unpaired) electrons. The highest BCUT2D eigenvalue weighted by Gasteiger charge is 2.57. The monoisotopic (exact) mass is 193 g/mol. The lowest BCUT2D eigenvalue weighted by atomic mass is 10.3. The van der Waals surface area contributed by atoms with Gasteiger partial charge in [0.15, 0.2) is 0 Å². The highest BCUT2D eigenvalue weighted by atomic mass is 32.1. The van der Waals surface area contributed by atoms with Crippen molar-refractivity contribution in [3.63, 3.8) is 0 Å². The molecule has 12 heavy (non-hydrogen) atoms. The Kier molecular flexibility index (Phi) is 1.64. The minimum atomic E-state index is -4.03. The quantitative estimate of drug-likeness (QED) is 0.668. The molecule has 1 aromatic heterocycles. The Morgan fingerprint density at radius 1 is 1.50 bits per heavy atom. The van der Waals surface area contributed by atoms with Gasteiger partial charge >= 0.3 is 6.18 Å². The van der Waals surface area contributed by atoms with Crippen molar-refractivity contribution in [3.05, 3.63) is 16.6 Å². The fourth-order valence-electron chi connectivity index (χ4n) is 1.25. The van der Waals surface area contributed by atoms with Crippen LogP contribution in [0.5, 0.6) is 0 Å². The molecule has 0 unspecified atom stereocenters. The summed E-state index contributed by atoms with van der Waals surface area (Å²) in [6.45, 7) is 0. The Hall–Kier alpha value is -0.580. The Morgan fingerprint density at radius 3 is 2.67 bits per heavy atom. The summed E-state index contributed by atoms with van der Waals surface area (Å²) in [5.41, 5.74) is 0. The van der Waals surface area contributed by atoms with Crippen molar-refractivity contribution < 1.29 is 13.2 Å². The average Bonchev–Trinajstić information content (AvgIpc) is 2.60. The summed E-state index contributed by atoms with van der Waals surface area (Å²) in [5, 5.41) is 2.33. The van der Waals surface area contributed by atoms with Gasteiger partial charge in [-0.3, -0.25) is 0 Å². The summed E-state index contributed by atoms with van der Waals surface area (Å²) in [6.07, 6.45) is -2.26. The summed E-state index contributed by atoms with van der Waals surface area (Å²) in [4.78, 5) is 3.86. The van der Waals surface area contributed by atoms with Crippen LogP contribution in [0.2, 0.25) is 0 Å². The minimum absolute atomic E-state index is 0.219. The first kappa shape index (κ1) is 8.04. The van der Waals surface area contributed by atoms with E-state index in [0.29, 0.717) is 5.01 Å². The molecule has 5 heteroatoms. The molecule has 1 saturated carbocycles. The lowest BCUT2D eigenvalue weighted by Crippen LogP contribution is -2.11. The zero-order valence-electron chi connectivity index (χ0n) is 6.01. The van der Waals surface area contributed by atoms with Gasteiger partial charge in [-0.05, 0) is 6.42 Å². The Labute approximate surface area is 71.2 Å². The molecule has 0 N–H and O–H groups in total. The molecule has 0 bridgehead atoms. The van der Waals surface area contributed by atoms with Crippen molar-refractivity contribution in [3.8, 4) is 0 Å². The SMILES string of the molecule is FC(F)(F)[C@@H]1C[C@H]1c1nccs1. The summed E-state index contributed by atoms with van der Waals surface area (Å²) in [5.74, 6) is -1.49. The number of hydrogen-bond donors (Lipinski definition) is 0. The smallest absolute Gasteiger partial charge is 0.249 e. The third-order valence-corrected chi connectivity index (χ3v) is 2.89. The van der Waals surface area contributed by atoms with Gasteiger partial charge in [0.05, 0.1) is 10.9 Å². The van der Waals surface area contributed by atoms with Gasteiger partial charge in [0.25, 0.3) is 0 Å². The Balaban J connectivity index is 2.06. The maximum Gasteiger partial charge on any atom is 0.392 e. The standard InChI is InChI=1S/C7H6F3NS/c8-7(9,10)5-3-4(5)6-11-1-2-12-6/h1-2,4-5H,3H2/t4-,5-/m1/s1. The zero-order chi connectivity index (χ0) is 8.77. The fraction of sp³-hybridized carbons (Fsp3) is 0.571. The van der Waals surface area contributed by atoms with Crippen LogP contribution in [0.3, 0.4) is 0 Å². The topological polar surface area (TPSA) is 12.9 Å². The number of aromatic nitrogens is 1. The fourth-order valence-corrected chi connectivity index (χ4v) is 2.07. The van der Waals surface area contributed by atoms with E-state index in [9.17, 15) is 13.2 Å². The minimum Gasteiger partial charge on any atom is -0.249 e. The van der Waals surface area contributed by atoms with E-state index in [0.717, 1.165) is 0 Å². The summed E-state index contributed by atoms with van der Waals surface area (Å²) >= 11 is 1.30. The molecule has 0 aliphatic heterocycles. The van der Waals surface area contributed by atoms with Crippen molar-refractivity contribution in [2.45, 2.75) is 18.5 Å². The van der Waals surface area contributed by atoms with E-state index >= 15 is 0 Å². The van der Waals surface area contributed by atoms with Gasteiger partial charge in [-0.25, -0.2) is 4.98 Å². The summed E-state index contributed by atoms with van der Waals surface area (Å²) in [7, 11) is 0. The van der Waals surface area contributed by atoms with Crippen LogP contribution < -0.4 is 0 Å². The van der Waals surface area contributed by atoms with Crippen LogP contribution >= 0.6 is 11.3 Å². The first-order valence-corrected chi connectivity index (χ1v) is 4.43. The zero-order valence-corrected chi connectivity index (χ0v) is 6.82. The number of alkyl halides is 3. The van der Waals surface area contributed by atoms with Gasteiger partial charge in [0.2, 0.25) is 0 Å². The molecule has 1 aliphatic rings. The number of nitrogens with zero attached hydrogens (tertiary/aromatic N) is 1. The molecule has 0 saturated heterocycles. The van der Waals surface area contributed by atoms with Crippen LogP contribution in [0.1, 0.15) is 17.3 Å². The molecule has 1 fully saturated rings. The second-order valence-electron chi connectivity index (χ2n) is 2.86. The van der Waals surface area contributed by atoms with Gasteiger partial charge in [-0.2, -0.15) is 13.2 Å². The van der Waals surface area contributed by atoms with Crippen LogP contribution in [0.4, 0.5) is 13.2 Å². The maximum absolute atomic E-state index is 12.1. The lowest BCUT2D eigenvalue weighted by Gasteiger charge is -2.02. The Bertz CT molecular complexity index is 267. The predicted molar refractivity (Wildman–Crippen MR) is 39.0 cm³/mol. The van der Waals surface area contributed by atoms with Crippen LogP contribution in [0.15, 0.2) is 11.6 Å². The van der Waals surface area contributed by atoms with E-state index in [1.165, 1.54) is 11.3 Å². The van der Waals surface area contributed by atoms with Crippen molar-refractivity contribution in [1.82, 2.24) is 4.98 Å². The molecule has 2 rings (SSSR count). The molecular formula is C7H6F3NS. The molecule has 1 aromatic rings. The molecule has 66 valence electrons. The van der Waals surface area contributed by atoms with Gasteiger partial charge in [-0.15, -0.1) is 11.3 Å². The Morgan fingerprint density at radius 2 is 2.25 bits per heavy atom. The molecule has 1 heterocycles. The highest BCUT2D eigenvalue weighted by molar-refractivity contribution is 7.09. The normalized spacial score (nSPS) is 28.9. The van der Waals surface area contributed by atoms with Crippen LogP contribution in [-0.4, -0.2) is 11.2 Å². The predicted octanol–water partition coefficient (Wildman–Crippen LogP) is 2.81. The van der Waals surface area contributed by atoms with E-state index in [4.69, 9.17) is 0 Å². The number of halogens is 3. The van der Waals surface area contributed by atoms with Crippen molar-refractivity contribution >= 4 is 11.3 Å². The average molecular weight is 193 g/mol. The first-order valence-electron chi connectivity index (χ1n) is 3.55. The summed E-state index contributed by atoms with van der Waals surface area (Å²) < 4.78 is 36.2. The van der Waals surface area contributed by atoms with Crippen molar-refractivity contribution in [2.24, 2.45) is 5.92 Å². The molecule has 0 spiro atoms. The molecular weight excluding hydrogens is 187 g/mol. The van der Waals surface area contributed by atoms with Crippen molar-refractivity contribution in [1.29, 1.82) is 0 Å². The highest BCUT2D eigenvalue weighted by Crippen LogP contribution is 2.56. The number of rotatable bonds is 1. The van der Waals surface area contributed by atoms with Crippen LogP contribution in [0.25, 0.3) is 0 Å². The van der Waals surface area contributed by atoms with E-state index < -0.39 is 12.1 Å². The van der Waals surface area contributed by atoms with Crippen LogP contribution in [0, 0.1) is 5.92 Å². The van der Waals surface area contributed by atoms with Gasteiger partial charge in [-0.1, -0.05) is 0 Å². The number of thiazole rings is 1. The second kappa shape index (κ2) is 2.45. The van der Waals surface area contributed by atoms with E-state index in [-0.39, 0.29) is 12.3 Å². The van der Waals surface area contributed by atoms with Gasteiger partial charge in [0, 0.05) is 17.5 Å². The van der Waals surface area contributed by atoms with Gasteiger partial charge in [0.1, 0.15) is 0 Å². The molecule has 0 aromatic carbocycles. The van der Waals surface area contributed by atoms with E-state index in [1.54, 1.807) is 11.6 Å². The molecule has 1 nitrogen and oxygen atoms in total. The maximum atomic E-state index is 12.1. The summed E-state index contributed by atoms with van der Waals surface area (Å²) in [6, 6.07) is 0. The first-order chi connectivity index (χ1) is 5.59. The second-order valence-corrected chi connectivity index (χ2v) is 3.79. The number of hydrogen-bond acceptors (Lipinski definition) is 2. The molecule has 1 aliphatic carbocycles. The third-order valence-electron chi connectivity index (χ3n) is 1.98. The van der Waals surface area contributed by atoms with Gasteiger partial charge < -0.3 is 0 Å². The molecule has 0 amide bonds. The molecule has 2 atom stereocenters. The van der Waals surface area contributed by atoms with Crippen molar-refractivity contribution in [2.75, 3.05) is 0 Å². The van der Waals surface area contributed by atoms with E-state index in [1.807, 2.05) is 0 Å². The lowest BCUT2D eigenvalue weighted by molar-refractivity contribution is -0.148. The van der Waals surface area contributed by atoms with E-state index in [2.05, 4.69) is 4.98 Å². The third kappa shape index (κ3) is 1.33. The van der Waals surface area contributed by atoms with Crippen LogP contribution in [-0.2, 0) is 0 Å². The largest absolute Gasteiger partial charge is 0.392 e.